The summed E-state index contributed by atoms with van der Waals surface area (Å²) < 4.78 is 13.8. The van der Waals surface area contributed by atoms with Crippen LogP contribution in [0.1, 0.15) is 19.5 Å². The predicted molar refractivity (Wildman–Crippen MR) is 78.7 cm³/mol. The predicted octanol–water partition coefficient (Wildman–Crippen LogP) is 4.04. The van der Waals surface area contributed by atoms with Crippen LogP contribution in [0.4, 0.5) is 10.2 Å². The Bertz CT molecular complexity index is 587. The fourth-order valence-corrected chi connectivity index (χ4v) is 2.27. The number of anilines is 1. The van der Waals surface area contributed by atoms with Gasteiger partial charge in [0.05, 0.1) is 0 Å². The Morgan fingerprint density at radius 1 is 1.21 bits per heavy atom. The van der Waals surface area contributed by atoms with Crippen molar-refractivity contribution in [3.8, 4) is 11.4 Å². The van der Waals surface area contributed by atoms with E-state index in [4.69, 9.17) is 0 Å². The van der Waals surface area contributed by atoms with Gasteiger partial charge in [0, 0.05) is 28.3 Å². The summed E-state index contributed by atoms with van der Waals surface area (Å²) in [5.41, 5.74) is 1.74. The SMILES string of the molecule is CCNc1cc(CC)nc(-c2ccc(F)cc2Br)n1. The van der Waals surface area contributed by atoms with Crippen LogP contribution in [-0.4, -0.2) is 16.5 Å². The molecular formula is C14H15BrFN3. The van der Waals surface area contributed by atoms with Crippen molar-refractivity contribution < 1.29 is 4.39 Å². The molecule has 0 saturated heterocycles. The summed E-state index contributed by atoms with van der Waals surface area (Å²) in [7, 11) is 0. The van der Waals surface area contributed by atoms with E-state index in [1.165, 1.54) is 12.1 Å². The maximum Gasteiger partial charge on any atom is 0.162 e. The van der Waals surface area contributed by atoms with Crippen molar-refractivity contribution in [3.05, 3.63) is 40.2 Å². The Hall–Kier alpha value is -1.49. The first-order chi connectivity index (χ1) is 9.13. The number of hydrogen-bond acceptors (Lipinski definition) is 3. The minimum absolute atomic E-state index is 0.283. The summed E-state index contributed by atoms with van der Waals surface area (Å²) in [6.45, 7) is 4.85. The Morgan fingerprint density at radius 2 is 2.00 bits per heavy atom. The largest absolute Gasteiger partial charge is 0.370 e. The number of rotatable bonds is 4. The number of aromatic nitrogens is 2. The number of hydrogen-bond donors (Lipinski definition) is 1. The van der Waals surface area contributed by atoms with E-state index in [1.807, 2.05) is 19.9 Å². The topological polar surface area (TPSA) is 37.8 Å². The third kappa shape index (κ3) is 3.29. The molecule has 100 valence electrons. The van der Waals surface area contributed by atoms with Gasteiger partial charge in [0.25, 0.3) is 0 Å². The molecule has 2 aromatic rings. The van der Waals surface area contributed by atoms with Crippen LogP contribution in [0.5, 0.6) is 0 Å². The zero-order chi connectivity index (χ0) is 13.8. The highest BCUT2D eigenvalue weighted by atomic mass is 79.9. The van der Waals surface area contributed by atoms with E-state index in [2.05, 4.69) is 31.2 Å². The maximum absolute atomic E-state index is 13.1. The molecule has 0 saturated carbocycles. The lowest BCUT2D eigenvalue weighted by Crippen LogP contribution is -2.04. The van der Waals surface area contributed by atoms with E-state index < -0.39 is 0 Å². The lowest BCUT2D eigenvalue weighted by molar-refractivity contribution is 0.627. The molecule has 1 heterocycles. The number of benzene rings is 1. The minimum atomic E-state index is -0.283. The van der Waals surface area contributed by atoms with E-state index in [0.717, 1.165) is 30.0 Å². The molecule has 0 bridgehead atoms. The van der Waals surface area contributed by atoms with Gasteiger partial charge in [-0.15, -0.1) is 0 Å². The normalized spacial score (nSPS) is 10.5. The van der Waals surface area contributed by atoms with Gasteiger partial charge in [-0.1, -0.05) is 6.92 Å². The second-order valence-corrected chi connectivity index (χ2v) is 4.93. The molecule has 0 fully saturated rings. The Labute approximate surface area is 120 Å². The van der Waals surface area contributed by atoms with Crippen molar-refractivity contribution in [2.24, 2.45) is 0 Å². The first-order valence-electron chi connectivity index (χ1n) is 6.21. The van der Waals surface area contributed by atoms with Gasteiger partial charge in [0.15, 0.2) is 5.82 Å². The van der Waals surface area contributed by atoms with E-state index in [1.54, 1.807) is 6.07 Å². The number of halogens is 2. The van der Waals surface area contributed by atoms with E-state index in [9.17, 15) is 4.39 Å². The monoisotopic (exact) mass is 323 g/mol. The molecule has 0 amide bonds. The number of nitrogens with zero attached hydrogens (tertiary/aromatic N) is 2. The van der Waals surface area contributed by atoms with Crippen LogP contribution in [0.3, 0.4) is 0 Å². The van der Waals surface area contributed by atoms with Crippen LogP contribution in [0.25, 0.3) is 11.4 Å². The van der Waals surface area contributed by atoms with Crippen molar-refractivity contribution in [1.29, 1.82) is 0 Å². The third-order valence-electron chi connectivity index (χ3n) is 2.67. The first kappa shape index (κ1) is 13.9. The lowest BCUT2D eigenvalue weighted by atomic mass is 10.2. The quantitative estimate of drug-likeness (QED) is 0.922. The summed E-state index contributed by atoms with van der Waals surface area (Å²) in [6.07, 6.45) is 0.826. The minimum Gasteiger partial charge on any atom is -0.370 e. The van der Waals surface area contributed by atoms with Crippen LogP contribution in [0, 0.1) is 5.82 Å². The lowest BCUT2D eigenvalue weighted by Gasteiger charge is -2.09. The van der Waals surface area contributed by atoms with Crippen LogP contribution >= 0.6 is 15.9 Å². The maximum atomic E-state index is 13.1. The number of nitrogens with one attached hydrogen (secondary N) is 1. The molecular weight excluding hydrogens is 309 g/mol. The second-order valence-electron chi connectivity index (χ2n) is 4.08. The van der Waals surface area contributed by atoms with Crippen molar-refractivity contribution in [2.45, 2.75) is 20.3 Å². The molecule has 0 atom stereocenters. The molecule has 1 aromatic carbocycles. The van der Waals surface area contributed by atoms with Gasteiger partial charge in [-0.25, -0.2) is 14.4 Å². The molecule has 0 unspecified atom stereocenters. The molecule has 2 rings (SSSR count). The average Bonchev–Trinajstić information content (AvgIpc) is 2.38. The van der Waals surface area contributed by atoms with Crippen LogP contribution in [-0.2, 0) is 6.42 Å². The van der Waals surface area contributed by atoms with Crippen molar-refractivity contribution in [2.75, 3.05) is 11.9 Å². The zero-order valence-electron chi connectivity index (χ0n) is 10.9. The van der Waals surface area contributed by atoms with Gasteiger partial charge in [0.2, 0.25) is 0 Å². The smallest absolute Gasteiger partial charge is 0.162 e. The van der Waals surface area contributed by atoms with E-state index in [-0.39, 0.29) is 5.82 Å². The van der Waals surface area contributed by atoms with Crippen LogP contribution in [0.15, 0.2) is 28.7 Å². The van der Waals surface area contributed by atoms with Gasteiger partial charge < -0.3 is 5.32 Å². The summed E-state index contributed by atoms with van der Waals surface area (Å²) in [4.78, 5) is 8.95. The summed E-state index contributed by atoms with van der Waals surface area (Å²) >= 11 is 3.35. The molecule has 5 heteroatoms. The molecule has 0 aliphatic carbocycles. The number of aryl methyl sites for hydroxylation is 1. The van der Waals surface area contributed by atoms with Crippen molar-refractivity contribution in [3.63, 3.8) is 0 Å². The molecule has 0 spiro atoms. The molecule has 1 aromatic heterocycles. The summed E-state index contributed by atoms with van der Waals surface area (Å²) in [6, 6.07) is 6.45. The Balaban J connectivity index is 2.51. The second kappa shape index (κ2) is 6.10. The Kier molecular flexibility index (Phi) is 4.47. The van der Waals surface area contributed by atoms with Crippen LogP contribution < -0.4 is 5.32 Å². The highest BCUT2D eigenvalue weighted by molar-refractivity contribution is 9.10. The third-order valence-corrected chi connectivity index (χ3v) is 3.33. The standard InChI is InChI=1S/C14H15BrFN3/c1-3-10-8-13(17-4-2)19-14(18-10)11-6-5-9(16)7-12(11)15/h5-8H,3-4H2,1-2H3,(H,17,18,19). The van der Waals surface area contributed by atoms with Crippen molar-refractivity contribution in [1.82, 2.24) is 9.97 Å². The van der Waals surface area contributed by atoms with Gasteiger partial charge >= 0.3 is 0 Å². The van der Waals surface area contributed by atoms with Gasteiger partial charge in [0.1, 0.15) is 11.6 Å². The zero-order valence-corrected chi connectivity index (χ0v) is 12.5. The van der Waals surface area contributed by atoms with E-state index in [0.29, 0.717) is 10.3 Å². The highest BCUT2D eigenvalue weighted by Crippen LogP contribution is 2.27. The average molecular weight is 324 g/mol. The van der Waals surface area contributed by atoms with Gasteiger partial charge in [-0.05, 0) is 47.5 Å². The fraction of sp³-hybridized carbons (Fsp3) is 0.286. The first-order valence-corrected chi connectivity index (χ1v) is 7.00. The van der Waals surface area contributed by atoms with Gasteiger partial charge in [-0.3, -0.25) is 0 Å². The highest BCUT2D eigenvalue weighted by Gasteiger charge is 2.10. The van der Waals surface area contributed by atoms with Crippen molar-refractivity contribution >= 4 is 21.7 Å². The molecule has 19 heavy (non-hydrogen) atoms. The molecule has 0 radical (unpaired) electrons. The van der Waals surface area contributed by atoms with Gasteiger partial charge in [-0.2, -0.15) is 0 Å². The molecule has 3 nitrogen and oxygen atoms in total. The molecule has 0 aliphatic rings. The molecule has 0 aliphatic heterocycles. The molecule has 1 N–H and O–H groups in total. The van der Waals surface area contributed by atoms with E-state index >= 15 is 0 Å². The van der Waals surface area contributed by atoms with Crippen LogP contribution in [0.2, 0.25) is 0 Å². The fourth-order valence-electron chi connectivity index (χ4n) is 1.74. The Morgan fingerprint density at radius 3 is 2.63 bits per heavy atom. The summed E-state index contributed by atoms with van der Waals surface area (Å²) in [5, 5.41) is 3.18. The summed E-state index contributed by atoms with van der Waals surface area (Å²) in [5.74, 6) is 1.11.